The second-order valence-electron chi connectivity index (χ2n) is 7.31. The van der Waals surface area contributed by atoms with Gasteiger partial charge in [-0.1, -0.05) is 0 Å². The molecule has 29 heavy (non-hydrogen) atoms. The van der Waals surface area contributed by atoms with Gasteiger partial charge < -0.3 is 19.9 Å². The number of imidazole rings is 1. The van der Waals surface area contributed by atoms with E-state index >= 15 is 0 Å². The van der Waals surface area contributed by atoms with Crippen LogP contribution in [0.2, 0.25) is 0 Å². The molecule has 0 aliphatic carbocycles. The van der Waals surface area contributed by atoms with Gasteiger partial charge in [-0.25, -0.2) is 14.2 Å². The van der Waals surface area contributed by atoms with Gasteiger partial charge in [-0.2, -0.15) is 0 Å². The van der Waals surface area contributed by atoms with E-state index in [0.29, 0.717) is 12.2 Å². The summed E-state index contributed by atoms with van der Waals surface area (Å²) in [5.41, 5.74) is 7.03. The lowest BCUT2D eigenvalue weighted by atomic mass is 10.0. The number of amides is 2. The molecule has 0 radical (unpaired) electrons. The molecule has 0 unspecified atom stereocenters. The first-order valence-corrected chi connectivity index (χ1v) is 9.14. The van der Waals surface area contributed by atoms with Crippen LogP contribution >= 0.6 is 12.4 Å². The van der Waals surface area contributed by atoms with Crippen molar-refractivity contribution in [2.24, 2.45) is 0 Å². The zero-order valence-corrected chi connectivity index (χ0v) is 18.4. The van der Waals surface area contributed by atoms with Crippen LogP contribution in [-0.2, 0) is 6.54 Å². The molecule has 156 valence electrons. The van der Waals surface area contributed by atoms with Gasteiger partial charge in [0, 0.05) is 32.5 Å². The normalized spacial score (nSPS) is 10.6. The Bertz CT molecular complexity index is 1040. The summed E-state index contributed by atoms with van der Waals surface area (Å²) in [5, 5.41) is 6.31. The van der Waals surface area contributed by atoms with E-state index in [2.05, 4.69) is 15.6 Å². The maximum absolute atomic E-state index is 13.6. The maximum Gasteiger partial charge on any atom is 0.321 e. The number of hydrogen-bond donors (Lipinski definition) is 2. The lowest BCUT2D eigenvalue weighted by molar-refractivity contribution is 0.230. The van der Waals surface area contributed by atoms with Crippen LogP contribution in [0.5, 0.6) is 0 Å². The number of aryl methyl sites for hydroxylation is 4. The fourth-order valence-corrected chi connectivity index (χ4v) is 3.21. The Morgan fingerprint density at radius 3 is 2.34 bits per heavy atom. The quantitative estimate of drug-likeness (QED) is 0.636. The van der Waals surface area contributed by atoms with Crippen molar-refractivity contribution in [3.8, 4) is 0 Å². The molecule has 0 saturated heterocycles. The van der Waals surface area contributed by atoms with Crippen LogP contribution in [0.25, 0.3) is 5.65 Å². The Hall–Kier alpha value is -2.80. The summed E-state index contributed by atoms with van der Waals surface area (Å²) in [6.45, 7) is 8.29. The number of benzene rings is 1. The van der Waals surface area contributed by atoms with Crippen molar-refractivity contribution in [1.82, 2.24) is 14.3 Å². The molecule has 3 rings (SSSR count). The van der Waals surface area contributed by atoms with E-state index in [4.69, 9.17) is 0 Å². The largest absolute Gasteiger partial charge is 0.378 e. The third-order valence-electron chi connectivity index (χ3n) is 4.97. The fraction of sp³-hybridized carbons (Fsp3) is 0.333. The lowest BCUT2D eigenvalue weighted by Gasteiger charge is -2.16. The second kappa shape index (κ2) is 8.69. The molecule has 6 nitrogen and oxygen atoms in total. The van der Waals surface area contributed by atoms with Gasteiger partial charge >= 0.3 is 6.03 Å². The summed E-state index contributed by atoms with van der Waals surface area (Å²) in [6.07, 6.45) is 1.87. The number of aromatic nitrogens is 2. The molecule has 0 saturated carbocycles. The number of hydrogen-bond acceptors (Lipinski definition) is 3. The smallest absolute Gasteiger partial charge is 0.321 e. The highest BCUT2D eigenvalue weighted by Gasteiger charge is 2.14. The van der Waals surface area contributed by atoms with Gasteiger partial charge in [0.05, 0.1) is 17.1 Å². The van der Waals surface area contributed by atoms with Gasteiger partial charge in [0.15, 0.2) is 5.65 Å². The van der Waals surface area contributed by atoms with Crippen molar-refractivity contribution in [2.75, 3.05) is 24.7 Å². The first kappa shape index (κ1) is 22.5. The Balaban J connectivity index is 0.00000300. The van der Waals surface area contributed by atoms with Gasteiger partial charge in [0.2, 0.25) is 0 Å². The highest BCUT2D eigenvalue weighted by atomic mass is 35.5. The van der Waals surface area contributed by atoms with E-state index < -0.39 is 0 Å². The molecular formula is C21H27ClFN5O. The molecule has 0 aliphatic heterocycles. The summed E-state index contributed by atoms with van der Waals surface area (Å²) in [5.74, 6) is -0.228. The number of carbonyl (C=O) groups excluding carboxylic acids is 1. The number of fused-ring (bicyclic) bond motifs is 1. The van der Waals surface area contributed by atoms with E-state index in [0.717, 1.165) is 39.4 Å². The number of anilines is 2. The van der Waals surface area contributed by atoms with Crippen LogP contribution in [0.1, 0.15) is 28.1 Å². The average Bonchev–Trinajstić information content (AvgIpc) is 2.89. The predicted octanol–water partition coefficient (Wildman–Crippen LogP) is 4.83. The molecule has 8 heteroatoms. The number of rotatable bonds is 4. The standard InChI is InChI=1S/C21H26FN5O.ClH/c1-12-7-16(22)8-13(2)18(12)10-23-19-9-17(25-21(28)26(5)6)11-27-15(4)14(3)24-20(19)27;/h7-9,11,23H,10H2,1-6H3,(H,25,28);1H. The van der Waals surface area contributed by atoms with Gasteiger partial charge in [-0.15, -0.1) is 12.4 Å². The monoisotopic (exact) mass is 419 g/mol. The van der Waals surface area contributed by atoms with Crippen LogP contribution in [0.15, 0.2) is 24.4 Å². The lowest BCUT2D eigenvalue weighted by Crippen LogP contribution is -2.27. The van der Waals surface area contributed by atoms with Crippen molar-refractivity contribution in [3.05, 3.63) is 58.3 Å². The summed E-state index contributed by atoms with van der Waals surface area (Å²) < 4.78 is 15.6. The number of nitrogens with zero attached hydrogens (tertiary/aromatic N) is 3. The number of pyridine rings is 1. The Labute approximate surface area is 176 Å². The average molecular weight is 420 g/mol. The van der Waals surface area contributed by atoms with Crippen molar-refractivity contribution in [1.29, 1.82) is 0 Å². The molecule has 2 aromatic heterocycles. The zero-order chi connectivity index (χ0) is 20.6. The van der Waals surface area contributed by atoms with Crippen LogP contribution in [0, 0.1) is 33.5 Å². The molecule has 3 aromatic rings. The minimum absolute atomic E-state index is 0. The Morgan fingerprint density at radius 1 is 1.14 bits per heavy atom. The Morgan fingerprint density at radius 2 is 1.76 bits per heavy atom. The molecule has 0 atom stereocenters. The molecule has 2 heterocycles. The van der Waals surface area contributed by atoms with Gasteiger partial charge in [-0.3, -0.25) is 0 Å². The highest BCUT2D eigenvalue weighted by molar-refractivity contribution is 5.90. The first-order chi connectivity index (χ1) is 13.2. The fourth-order valence-electron chi connectivity index (χ4n) is 3.21. The molecule has 1 aromatic carbocycles. The minimum atomic E-state index is -0.228. The third kappa shape index (κ3) is 4.62. The predicted molar refractivity (Wildman–Crippen MR) is 118 cm³/mol. The number of urea groups is 1. The van der Waals surface area contributed by atoms with E-state index in [9.17, 15) is 9.18 Å². The zero-order valence-electron chi connectivity index (χ0n) is 17.6. The van der Waals surface area contributed by atoms with Crippen LogP contribution in [0.4, 0.5) is 20.6 Å². The molecule has 2 N–H and O–H groups in total. The van der Waals surface area contributed by atoms with Crippen molar-refractivity contribution in [2.45, 2.75) is 34.2 Å². The number of halogens is 2. The molecule has 0 bridgehead atoms. The maximum atomic E-state index is 13.6. The van der Waals surface area contributed by atoms with E-state index in [1.54, 1.807) is 14.1 Å². The van der Waals surface area contributed by atoms with Crippen molar-refractivity contribution < 1.29 is 9.18 Å². The van der Waals surface area contributed by atoms with Crippen LogP contribution in [0.3, 0.4) is 0 Å². The molecule has 0 spiro atoms. The van der Waals surface area contributed by atoms with Gasteiger partial charge in [-0.05, 0) is 62.6 Å². The highest BCUT2D eigenvalue weighted by Crippen LogP contribution is 2.26. The number of nitrogens with one attached hydrogen (secondary N) is 2. The number of carbonyl (C=O) groups is 1. The SMILES string of the molecule is Cc1cc(F)cc(C)c1CNc1cc(NC(=O)N(C)C)cn2c(C)c(C)nc12.Cl. The topological polar surface area (TPSA) is 61.7 Å². The molecule has 0 fully saturated rings. The summed E-state index contributed by atoms with van der Waals surface area (Å²) in [6, 6.07) is 4.75. The van der Waals surface area contributed by atoms with Crippen LogP contribution < -0.4 is 10.6 Å². The van der Waals surface area contributed by atoms with Crippen LogP contribution in [-0.4, -0.2) is 34.4 Å². The first-order valence-electron chi connectivity index (χ1n) is 9.14. The summed E-state index contributed by atoms with van der Waals surface area (Å²) in [4.78, 5) is 18.2. The summed E-state index contributed by atoms with van der Waals surface area (Å²) in [7, 11) is 3.39. The molecule has 2 amide bonds. The van der Waals surface area contributed by atoms with Gasteiger partial charge in [0.1, 0.15) is 5.82 Å². The summed E-state index contributed by atoms with van der Waals surface area (Å²) >= 11 is 0. The third-order valence-corrected chi connectivity index (χ3v) is 4.97. The van der Waals surface area contributed by atoms with Crippen molar-refractivity contribution in [3.63, 3.8) is 0 Å². The van der Waals surface area contributed by atoms with E-state index in [1.165, 1.54) is 17.0 Å². The molecule has 0 aliphatic rings. The van der Waals surface area contributed by atoms with Gasteiger partial charge in [0.25, 0.3) is 0 Å². The Kier molecular flexibility index (Phi) is 6.74. The second-order valence-corrected chi connectivity index (χ2v) is 7.31. The van der Waals surface area contributed by atoms with E-state index in [-0.39, 0.29) is 24.3 Å². The van der Waals surface area contributed by atoms with Crippen molar-refractivity contribution >= 4 is 35.5 Å². The molecular weight excluding hydrogens is 393 g/mol. The minimum Gasteiger partial charge on any atom is -0.378 e. The van der Waals surface area contributed by atoms with E-state index in [1.807, 2.05) is 44.4 Å².